The molecule has 2 heterocycles. The highest BCUT2D eigenvalue weighted by atomic mass is 16.5. The number of benzene rings is 2. The summed E-state index contributed by atoms with van der Waals surface area (Å²) in [6.45, 7) is 0.362. The Balaban J connectivity index is 1.60. The molecule has 7 nitrogen and oxygen atoms in total. The summed E-state index contributed by atoms with van der Waals surface area (Å²) in [4.78, 5) is 12.6. The Kier molecular flexibility index (Phi) is 4.67. The van der Waals surface area contributed by atoms with Crippen molar-refractivity contribution < 1.29 is 14.1 Å². The zero-order valence-electron chi connectivity index (χ0n) is 14.7. The predicted octanol–water partition coefficient (Wildman–Crippen LogP) is 3.55. The maximum Gasteiger partial charge on any atom is 0.231 e. The Morgan fingerprint density at radius 1 is 1.15 bits per heavy atom. The molecule has 0 saturated carbocycles. The van der Waals surface area contributed by atoms with Gasteiger partial charge in [0.1, 0.15) is 5.69 Å². The van der Waals surface area contributed by atoms with E-state index in [0.717, 1.165) is 22.2 Å². The number of carbonyl (C=O) groups excluding carboxylic acids is 1. The Hall–Kier alpha value is -3.45. The minimum atomic E-state index is -0.221. The number of fused-ring (bicyclic) bond motifs is 1. The quantitative estimate of drug-likeness (QED) is 0.547. The van der Waals surface area contributed by atoms with Gasteiger partial charge in [0.05, 0.1) is 18.7 Å². The maximum atomic E-state index is 12.6. The molecule has 0 atom stereocenters. The van der Waals surface area contributed by atoms with Gasteiger partial charge in [-0.2, -0.15) is 5.10 Å². The molecule has 136 valence electrons. The third kappa shape index (κ3) is 3.45. The fraction of sp³-hybridized carbons (Fsp3) is 0.150. The first-order valence-electron chi connectivity index (χ1n) is 8.51. The van der Waals surface area contributed by atoms with Gasteiger partial charge in [-0.15, -0.1) is 0 Å². The van der Waals surface area contributed by atoms with Gasteiger partial charge in [-0.3, -0.25) is 9.89 Å². The Bertz CT molecular complexity index is 1070. The highest BCUT2D eigenvalue weighted by Gasteiger charge is 2.18. The number of hydrogen-bond acceptors (Lipinski definition) is 5. The van der Waals surface area contributed by atoms with Crippen molar-refractivity contribution >= 4 is 22.7 Å². The van der Waals surface area contributed by atoms with Crippen LogP contribution in [0.3, 0.4) is 0 Å². The molecule has 27 heavy (non-hydrogen) atoms. The van der Waals surface area contributed by atoms with E-state index in [0.29, 0.717) is 23.7 Å². The van der Waals surface area contributed by atoms with Crippen molar-refractivity contribution in [1.82, 2.24) is 15.4 Å². The summed E-state index contributed by atoms with van der Waals surface area (Å²) in [6.07, 6.45) is 0.0950. The largest absolute Gasteiger partial charge is 0.378 e. The molecular weight excluding hydrogens is 344 g/mol. The van der Waals surface area contributed by atoms with Crippen LogP contribution >= 0.6 is 0 Å². The Morgan fingerprint density at radius 3 is 2.74 bits per heavy atom. The molecule has 0 saturated heterocycles. The molecule has 4 aromatic rings. The first-order valence-corrected chi connectivity index (χ1v) is 8.51. The number of anilines is 1. The van der Waals surface area contributed by atoms with Crippen LogP contribution in [0, 0.1) is 0 Å². The monoisotopic (exact) mass is 362 g/mol. The van der Waals surface area contributed by atoms with Crippen LogP contribution in [0.2, 0.25) is 0 Å². The molecule has 2 N–H and O–H groups in total. The second-order valence-corrected chi connectivity index (χ2v) is 6.08. The van der Waals surface area contributed by atoms with Crippen LogP contribution in [0.5, 0.6) is 0 Å². The molecule has 0 aliphatic rings. The van der Waals surface area contributed by atoms with E-state index in [-0.39, 0.29) is 12.3 Å². The third-order valence-electron chi connectivity index (χ3n) is 4.23. The molecule has 0 spiro atoms. The summed E-state index contributed by atoms with van der Waals surface area (Å²) in [7, 11) is 1.61. The number of ether oxygens (including phenoxy) is 1. The van der Waals surface area contributed by atoms with Crippen molar-refractivity contribution in [1.29, 1.82) is 0 Å². The number of methoxy groups -OCH3 is 1. The van der Waals surface area contributed by atoms with Crippen molar-refractivity contribution in [3.63, 3.8) is 0 Å². The number of nitrogens with zero attached hydrogens (tertiary/aromatic N) is 2. The average molecular weight is 362 g/mol. The second kappa shape index (κ2) is 7.43. The SMILES string of the molecule is COCc1[nH]nc(NC(=O)Cc2noc3ccccc23)c1-c1ccccc1. The van der Waals surface area contributed by atoms with E-state index in [4.69, 9.17) is 9.26 Å². The maximum absolute atomic E-state index is 12.6. The molecule has 2 aromatic heterocycles. The first-order chi connectivity index (χ1) is 13.3. The lowest BCUT2D eigenvalue weighted by Gasteiger charge is -2.07. The lowest BCUT2D eigenvalue weighted by atomic mass is 10.1. The number of amides is 1. The van der Waals surface area contributed by atoms with Crippen molar-refractivity contribution in [2.75, 3.05) is 12.4 Å². The molecule has 0 aliphatic carbocycles. The molecule has 7 heteroatoms. The van der Waals surface area contributed by atoms with E-state index in [1.54, 1.807) is 7.11 Å². The summed E-state index contributed by atoms with van der Waals surface area (Å²) < 4.78 is 10.5. The average Bonchev–Trinajstić information content (AvgIpc) is 3.27. The van der Waals surface area contributed by atoms with Crippen molar-refractivity contribution in [3.8, 4) is 11.1 Å². The van der Waals surface area contributed by atoms with Crippen LogP contribution in [0.25, 0.3) is 22.1 Å². The van der Waals surface area contributed by atoms with E-state index in [2.05, 4.69) is 20.7 Å². The van der Waals surface area contributed by atoms with Crippen LogP contribution in [0.15, 0.2) is 59.1 Å². The van der Waals surface area contributed by atoms with E-state index < -0.39 is 0 Å². The van der Waals surface area contributed by atoms with Gasteiger partial charge < -0.3 is 14.6 Å². The van der Waals surface area contributed by atoms with Crippen LogP contribution in [0.1, 0.15) is 11.4 Å². The van der Waals surface area contributed by atoms with E-state index >= 15 is 0 Å². The van der Waals surface area contributed by atoms with Gasteiger partial charge in [0.2, 0.25) is 5.91 Å². The normalized spacial score (nSPS) is 11.0. The predicted molar refractivity (Wildman–Crippen MR) is 101 cm³/mol. The van der Waals surface area contributed by atoms with Gasteiger partial charge >= 0.3 is 0 Å². The topological polar surface area (TPSA) is 93.0 Å². The summed E-state index contributed by atoms with van der Waals surface area (Å²) in [5.74, 6) is 0.243. The fourth-order valence-electron chi connectivity index (χ4n) is 3.03. The van der Waals surface area contributed by atoms with Crippen LogP contribution in [-0.4, -0.2) is 28.4 Å². The number of aromatic nitrogens is 3. The van der Waals surface area contributed by atoms with Gasteiger partial charge in [-0.1, -0.05) is 47.6 Å². The lowest BCUT2D eigenvalue weighted by molar-refractivity contribution is -0.115. The molecular formula is C20H18N4O3. The molecule has 0 aliphatic heterocycles. The minimum absolute atomic E-state index is 0.0950. The van der Waals surface area contributed by atoms with Crippen molar-refractivity contribution in [2.45, 2.75) is 13.0 Å². The number of H-pyrrole nitrogens is 1. The highest BCUT2D eigenvalue weighted by Crippen LogP contribution is 2.30. The smallest absolute Gasteiger partial charge is 0.231 e. The van der Waals surface area contributed by atoms with E-state index in [9.17, 15) is 4.79 Å². The molecule has 0 unspecified atom stereocenters. The number of carbonyl (C=O) groups is 1. The summed E-state index contributed by atoms with van der Waals surface area (Å²) in [5, 5.41) is 14.9. The third-order valence-corrected chi connectivity index (χ3v) is 4.23. The molecule has 1 amide bonds. The Morgan fingerprint density at radius 2 is 1.93 bits per heavy atom. The van der Waals surface area contributed by atoms with Crippen LogP contribution in [0.4, 0.5) is 5.82 Å². The van der Waals surface area contributed by atoms with E-state index in [1.807, 2.05) is 54.6 Å². The van der Waals surface area contributed by atoms with E-state index in [1.165, 1.54) is 0 Å². The van der Waals surface area contributed by atoms with Gasteiger partial charge in [-0.25, -0.2) is 0 Å². The van der Waals surface area contributed by atoms with Crippen LogP contribution in [-0.2, 0) is 22.6 Å². The van der Waals surface area contributed by atoms with Gasteiger partial charge in [-0.05, 0) is 17.7 Å². The molecule has 4 rings (SSSR count). The summed E-state index contributed by atoms with van der Waals surface area (Å²) in [5.41, 5.74) is 3.81. The van der Waals surface area contributed by atoms with Gasteiger partial charge in [0, 0.05) is 18.1 Å². The number of hydrogen-bond donors (Lipinski definition) is 2. The van der Waals surface area contributed by atoms with Gasteiger partial charge in [0.15, 0.2) is 11.4 Å². The summed E-state index contributed by atoms with van der Waals surface area (Å²) in [6, 6.07) is 17.2. The number of para-hydroxylation sites is 1. The number of nitrogens with one attached hydrogen (secondary N) is 2. The Labute approximate surface area is 155 Å². The van der Waals surface area contributed by atoms with Gasteiger partial charge in [0.25, 0.3) is 0 Å². The second-order valence-electron chi connectivity index (χ2n) is 6.08. The minimum Gasteiger partial charge on any atom is -0.378 e. The van der Waals surface area contributed by atoms with Crippen molar-refractivity contribution in [3.05, 3.63) is 66.0 Å². The molecule has 0 fully saturated rings. The zero-order chi connectivity index (χ0) is 18.6. The standard InChI is InChI=1S/C20H18N4O3/c1-26-12-16-19(13-7-3-2-4-8-13)20(23-22-16)21-18(25)11-15-14-9-5-6-10-17(14)27-24-15/h2-10H,11-12H2,1H3,(H2,21,22,23,25). The molecule has 0 radical (unpaired) electrons. The van der Waals surface area contributed by atoms with Crippen LogP contribution < -0.4 is 5.32 Å². The molecule has 0 bridgehead atoms. The fourth-order valence-corrected chi connectivity index (χ4v) is 3.03. The lowest BCUT2D eigenvalue weighted by Crippen LogP contribution is -2.15. The first kappa shape index (κ1) is 17.0. The molecule has 2 aromatic carbocycles. The highest BCUT2D eigenvalue weighted by molar-refractivity contribution is 5.97. The van der Waals surface area contributed by atoms with Crippen molar-refractivity contribution in [2.24, 2.45) is 0 Å². The summed E-state index contributed by atoms with van der Waals surface area (Å²) >= 11 is 0. The zero-order valence-corrected chi connectivity index (χ0v) is 14.7. The number of aromatic amines is 1. The number of rotatable bonds is 6.